The molecule has 0 saturated carbocycles. The van der Waals surface area contributed by atoms with Gasteiger partial charge in [-0.25, -0.2) is 0 Å². The van der Waals surface area contributed by atoms with Crippen molar-refractivity contribution in [1.29, 1.82) is 0 Å². The van der Waals surface area contributed by atoms with Gasteiger partial charge in [0, 0.05) is 6.04 Å². The Morgan fingerprint density at radius 3 is 2.35 bits per heavy atom. The molecule has 2 N–H and O–H groups in total. The van der Waals surface area contributed by atoms with Gasteiger partial charge in [-0.2, -0.15) is 0 Å². The first-order chi connectivity index (χ1) is 9.41. The molecule has 20 heavy (non-hydrogen) atoms. The largest absolute Gasteiger partial charge is 0.481 e. The summed E-state index contributed by atoms with van der Waals surface area (Å²) < 4.78 is 5.47. The maximum Gasteiger partial charge on any atom is 0.308 e. The Morgan fingerprint density at radius 2 is 1.80 bits per heavy atom. The summed E-state index contributed by atoms with van der Waals surface area (Å²) in [7, 11) is 0. The van der Waals surface area contributed by atoms with Crippen LogP contribution in [0.5, 0.6) is 0 Å². The lowest BCUT2D eigenvalue weighted by Crippen LogP contribution is -2.44. The minimum atomic E-state index is -0.935. The first kappa shape index (κ1) is 16.2. The van der Waals surface area contributed by atoms with Crippen molar-refractivity contribution < 1.29 is 19.4 Å². The number of rotatable bonds is 7. The predicted octanol–water partition coefficient (Wildman–Crippen LogP) is 1.82. The Balaban J connectivity index is 2.41. The highest BCUT2D eigenvalue weighted by Gasteiger charge is 2.23. The van der Waals surface area contributed by atoms with Crippen LogP contribution in [0.4, 0.5) is 0 Å². The third kappa shape index (κ3) is 5.01. The lowest BCUT2D eigenvalue weighted by molar-refractivity contribution is -0.142. The molecule has 3 unspecified atom stereocenters. The van der Waals surface area contributed by atoms with Crippen LogP contribution in [-0.2, 0) is 20.9 Å². The van der Waals surface area contributed by atoms with Gasteiger partial charge in [0.05, 0.1) is 12.5 Å². The molecule has 5 nitrogen and oxygen atoms in total. The van der Waals surface area contributed by atoms with E-state index in [4.69, 9.17) is 9.84 Å². The van der Waals surface area contributed by atoms with Crippen LogP contribution in [-0.4, -0.2) is 29.1 Å². The Bertz CT molecular complexity index is 446. The molecule has 0 aliphatic rings. The molecule has 3 atom stereocenters. The number of carboxylic acid groups (broad SMARTS) is 1. The van der Waals surface area contributed by atoms with Crippen LogP contribution in [0.2, 0.25) is 0 Å². The molecule has 110 valence electrons. The van der Waals surface area contributed by atoms with Crippen molar-refractivity contribution in [2.75, 3.05) is 0 Å². The van der Waals surface area contributed by atoms with Crippen LogP contribution < -0.4 is 5.32 Å². The molecule has 5 heteroatoms. The van der Waals surface area contributed by atoms with Crippen LogP contribution in [0.15, 0.2) is 30.3 Å². The van der Waals surface area contributed by atoms with Gasteiger partial charge < -0.3 is 15.2 Å². The fourth-order valence-corrected chi connectivity index (χ4v) is 1.55. The Labute approximate surface area is 118 Å². The second-order valence-electron chi connectivity index (χ2n) is 4.86. The highest BCUT2D eigenvalue weighted by atomic mass is 16.5. The van der Waals surface area contributed by atoms with Crippen molar-refractivity contribution in [3.63, 3.8) is 0 Å². The summed E-state index contributed by atoms with van der Waals surface area (Å²) >= 11 is 0. The molecular formula is C15H21NO4. The number of hydrogen-bond acceptors (Lipinski definition) is 3. The molecule has 0 saturated heterocycles. The number of aliphatic carboxylic acids is 1. The summed E-state index contributed by atoms with van der Waals surface area (Å²) in [6.07, 6.45) is -0.626. The maximum atomic E-state index is 11.9. The molecule has 0 aliphatic heterocycles. The van der Waals surface area contributed by atoms with Crippen molar-refractivity contribution in [3.05, 3.63) is 35.9 Å². The van der Waals surface area contributed by atoms with Crippen LogP contribution in [0.1, 0.15) is 26.3 Å². The number of carboxylic acids is 1. The van der Waals surface area contributed by atoms with Crippen LogP contribution in [0, 0.1) is 5.92 Å². The number of ether oxygens (including phenoxy) is 1. The molecule has 0 spiro atoms. The summed E-state index contributed by atoms with van der Waals surface area (Å²) in [6.45, 7) is 5.22. The molecular weight excluding hydrogens is 258 g/mol. The van der Waals surface area contributed by atoms with Crippen LogP contribution in [0.25, 0.3) is 0 Å². The quantitative estimate of drug-likeness (QED) is 0.798. The number of carbonyl (C=O) groups is 2. The zero-order chi connectivity index (χ0) is 15.1. The molecule has 0 heterocycles. The van der Waals surface area contributed by atoms with E-state index in [0.717, 1.165) is 5.56 Å². The maximum absolute atomic E-state index is 11.9. The molecule has 1 aromatic rings. The van der Waals surface area contributed by atoms with E-state index < -0.39 is 24.0 Å². The van der Waals surface area contributed by atoms with Gasteiger partial charge in [0.1, 0.15) is 6.10 Å². The number of nitrogens with one attached hydrogen (secondary N) is 1. The van der Waals surface area contributed by atoms with E-state index in [1.807, 2.05) is 30.3 Å². The fourth-order valence-electron chi connectivity index (χ4n) is 1.55. The monoisotopic (exact) mass is 279 g/mol. The van der Waals surface area contributed by atoms with E-state index in [2.05, 4.69) is 5.32 Å². The molecule has 0 fully saturated rings. The predicted molar refractivity (Wildman–Crippen MR) is 75.1 cm³/mol. The van der Waals surface area contributed by atoms with Gasteiger partial charge in [-0.05, 0) is 26.3 Å². The Morgan fingerprint density at radius 1 is 1.20 bits per heavy atom. The minimum Gasteiger partial charge on any atom is -0.481 e. The standard InChI is InChI=1S/C15H21NO4/c1-10(15(18)19)11(2)16-14(17)12(3)20-9-13-7-5-4-6-8-13/h4-8,10-12H,9H2,1-3H3,(H,16,17)(H,18,19). The Hall–Kier alpha value is -1.88. The van der Waals surface area contributed by atoms with E-state index in [1.54, 1.807) is 20.8 Å². The molecule has 0 radical (unpaired) electrons. The smallest absolute Gasteiger partial charge is 0.308 e. The minimum absolute atomic E-state index is 0.304. The van der Waals surface area contributed by atoms with E-state index >= 15 is 0 Å². The third-order valence-electron chi connectivity index (χ3n) is 3.22. The lowest BCUT2D eigenvalue weighted by Gasteiger charge is -2.20. The van der Waals surface area contributed by atoms with Crippen molar-refractivity contribution in [1.82, 2.24) is 5.32 Å². The van der Waals surface area contributed by atoms with Crippen molar-refractivity contribution in [2.24, 2.45) is 5.92 Å². The molecule has 1 aromatic carbocycles. The molecule has 0 aliphatic carbocycles. The summed E-state index contributed by atoms with van der Waals surface area (Å²) in [5.74, 6) is -1.88. The molecule has 1 rings (SSSR count). The van der Waals surface area contributed by atoms with Crippen molar-refractivity contribution in [3.8, 4) is 0 Å². The third-order valence-corrected chi connectivity index (χ3v) is 3.22. The van der Waals surface area contributed by atoms with Gasteiger partial charge in [-0.15, -0.1) is 0 Å². The summed E-state index contributed by atoms with van der Waals surface area (Å²) in [5, 5.41) is 11.5. The SMILES string of the molecule is CC(OCc1ccccc1)C(=O)NC(C)C(C)C(=O)O. The molecule has 0 bridgehead atoms. The van der Waals surface area contributed by atoms with Gasteiger partial charge in [-0.1, -0.05) is 30.3 Å². The second kappa shape index (κ2) is 7.65. The van der Waals surface area contributed by atoms with Crippen LogP contribution in [0.3, 0.4) is 0 Å². The lowest BCUT2D eigenvalue weighted by atomic mass is 10.0. The number of benzene rings is 1. The first-order valence-corrected chi connectivity index (χ1v) is 6.60. The van der Waals surface area contributed by atoms with E-state index in [0.29, 0.717) is 6.61 Å². The zero-order valence-electron chi connectivity index (χ0n) is 12.0. The summed E-state index contributed by atoms with van der Waals surface area (Å²) in [6, 6.07) is 9.11. The second-order valence-corrected chi connectivity index (χ2v) is 4.86. The van der Waals surface area contributed by atoms with Crippen molar-refractivity contribution >= 4 is 11.9 Å². The topological polar surface area (TPSA) is 75.6 Å². The molecule has 1 amide bonds. The van der Waals surface area contributed by atoms with Gasteiger partial charge in [0.25, 0.3) is 0 Å². The highest BCUT2D eigenvalue weighted by molar-refractivity contribution is 5.81. The van der Waals surface area contributed by atoms with E-state index in [-0.39, 0.29) is 5.91 Å². The number of hydrogen-bond donors (Lipinski definition) is 2. The van der Waals surface area contributed by atoms with E-state index in [1.165, 1.54) is 0 Å². The number of amides is 1. The Kier molecular flexibility index (Phi) is 6.18. The van der Waals surface area contributed by atoms with Crippen LogP contribution >= 0.6 is 0 Å². The van der Waals surface area contributed by atoms with Gasteiger partial charge in [0.2, 0.25) is 5.91 Å². The summed E-state index contributed by atoms with van der Waals surface area (Å²) in [5.41, 5.74) is 0.985. The zero-order valence-corrected chi connectivity index (χ0v) is 12.0. The average Bonchev–Trinajstić information content (AvgIpc) is 2.44. The van der Waals surface area contributed by atoms with Gasteiger partial charge in [0.15, 0.2) is 0 Å². The highest BCUT2D eigenvalue weighted by Crippen LogP contribution is 2.06. The van der Waals surface area contributed by atoms with Gasteiger partial charge >= 0.3 is 5.97 Å². The van der Waals surface area contributed by atoms with Gasteiger partial charge in [-0.3, -0.25) is 9.59 Å². The fraction of sp³-hybridized carbons (Fsp3) is 0.467. The summed E-state index contributed by atoms with van der Waals surface area (Å²) in [4.78, 5) is 22.7. The normalized spacial score (nSPS) is 15.2. The van der Waals surface area contributed by atoms with Crippen molar-refractivity contribution in [2.45, 2.75) is 39.5 Å². The number of carbonyl (C=O) groups excluding carboxylic acids is 1. The average molecular weight is 279 g/mol. The van der Waals surface area contributed by atoms with E-state index in [9.17, 15) is 9.59 Å². The first-order valence-electron chi connectivity index (χ1n) is 6.60. The molecule has 0 aromatic heterocycles.